The Morgan fingerprint density at radius 2 is 2.00 bits per heavy atom. The van der Waals surface area contributed by atoms with E-state index in [9.17, 15) is 9.59 Å². The molecule has 1 aliphatic heterocycles. The van der Waals surface area contributed by atoms with Crippen molar-refractivity contribution in [2.24, 2.45) is 5.92 Å². The van der Waals surface area contributed by atoms with Crippen LogP contribution in [0.3, 0.4) is 0 Å². The number of thiophene rings is 1. The van der Waals surface area contributed by atoms with Crippen LogP contribution in [0.2, 0.25) is 0 Å². The Labute approximate surface area is 164 Å². The summed E-state index contributed by atoms with van der Waals surface area (Å²) in [6.07, 6.45) is 5.30. The number of piperidine rings is 1. The average Bonchev–Trinajstić information content (AvgIpc) is 3.22. The predicted octanol–water partition coefficient (Wildman–Crippen LogP) is 4.67. The molecule has 27 heavy (non-hydrogen) atoms. The van der Waals surface area contributed by atoms with Gasteiger partial charge in [0.2, 0.25) is 0 Å². The highest BCUT2D eigenvalue weighted by Gasteiger charge is 2.31. The number of anilines is 1. The molecule has 1 N–H and O–H groups in total. The Balaban J connectivity index is 1.65. The van der Waals surface area contributed by atoms with Crippen LogP contribution in [-0.4, -0.2) is 29.8 Å². The van der Waals surface area contributed by atoms with Crippen molar-refractivity contribution in [2.45, 2.75) is 46.0 Å². The smallest absolute Gasteiger partial charge is 0.257 e. The van der Waals surface area contributed by atoms with Gasteiger partial charge in [0.05, 0.1) is 5.56 Å². The fourth-order valence-electron chi connectivity index (χ4n) is 4.25. The number of amides is 2. The number of carbonyl (C=O) groups is 2. The molecule has 2 amide bonds. The standard InChI is InChI=1S/C22H26N2O2S/c1-14-7-6-12-24(13-14)22(26)19-17-10-5-11-18(17)27-21(19)23-20(25)16-9-4-3-8-15(16)2/h3-4,8-9,14H,5-7,10-13H2,1-2H3,(H,23,25)/t14-/m1/s1. The third-order valence-electron chi connectivity index (χ3n) is 5.70. The van der Waals surface area contributed by atoms with Gasteiger partial charge in [-0.25, -0.2) is 0 Å². The molecule has 0 radical (unpaired) electrons. The van der Waals surface area contributed by atoms with Gasteiger partial charge in [-0.15, -0.1) is 11.3 Å². The van der Waals surface area contributed by atoms with Crippen LogP contribution in [0, 0.1) is 12.8 Å². The van der Waals surface area contributed by atoms with Crippen molar-refractivity contribution in [1.29, 1.82) is 0 Å². The summed E-state index contributed by atoms with van der Waals surface area (Å²) in [5, 5.41) is 3.79. The van der Waals surface area contributed by atoms with Gasteiger partial charge in [0, 0.05) is 23.5 Å². The minimum Gasteiger partial charge on any atom is -0.338 e. The maximum atomic E-state index is 13.4. The van der Waals surface area contributed by atoms with Crippen molar-refractivity contribution < 1.29 is 9.59 Å². The average molecular weight is 383 g/mol. The SMILES string of the molecule is Cc1ccccc1C(=O)Nc1sc2c(c1C(=O)N1CCC[C@@H](C)C1)CCC2. The Kier molecular flexibility index (Phi) is 5.04. The summed E-state index contributed by atoms with van der Waals surface area (Å²) in [5.41, 5.74) is 3.53. The van der Waals surface area contributed by atoms with E-state index in [1.165, 1.54) is 16.9 Å². The number of nitrogens with one attached hydrogen (secondary N) is 1. The number of aryl methyl sites for hydroxylation is 2. The number of benzene rings is 1. The molecule has 0 saturated carbocycles. The van der Waals surface area contributed by atoms with E-state index in [4.69, 9.17) is 0 Å². The number of hydrogen-bond acceptors (Lipinski definition) is 3. The molecule has 2 heterocycles. The Bertz CT molecular complexity index is 886. The Hall–Kier alpha value is -2.14. The van der Waals surface area contributed by atoms with Gasteiger partial charge < -0.3 is 10.2 Å². The van der Waals surface area contributed by atoms with Crippen molar-refractivity contribution in [2.75, 3.05) is 18.4 Å². The molecule has 0 unspecified atom stereocenters. The molecule has 1 aliphatic carbocycles. The number of fused-ring (bicyclic) bond motifs is 1. The monoisotopic (exact) mass is 382 g/mol. The second-order valence-corrected chi connectivity index (χ2v) is 8.93. The molecule has 1 aromatic carbocycles. The van der Waals surface area contributed by atoms with Crippen molar-refractivity contribution >= 4 is 28.2 Å². The highest BCUT2D eigenvalue weighted by molar-refractivity contribution is 7.17. The fraction of sp³-hybridized carbons (Fsp3) is 0.455. The quantitative estimate of drug-likeness (QED) is 0.839. The van der Waals surface area contributed by atoms with Gasteiger partial charge in [-0.3, -0.25) is 9.59 Å². The lowest BCUT2D eigenvalue weighted by atomic mass is 9.99. The van der Waals surface area contributed by atoms with E-state index in [2.05, 4.69) is 12.2 Å². The zero-order valence-electron chi connectivity index (χ0n) is 16.0. The van der Waals surface area contributed by atoms with E-state index >= 15 is 0 Å². The normalized spacial score (nSPS) is 19.0. The van der Waals surface area contributed by atoms with Gasteiger partial charge in [-0.2, -0.15) is 0 Å². The van der Waals surface area contributed by atoms with Gasteiger partial charge in [-0.1, -0.05) is 25.1 Å². The largest absolute Gasteiger partial charge is 0.338 e. The fourth-order valence-corrected chi connectivity index (χ4v) is 5.53. The molecule has 142 valence electrons. The lowest BCUT2D eigenvalue weighted by Gasteiger charge is -2.31. The number of likely N-dealkylation sites (tertiary alicyclic amines) is 1. The predicted molar refractivity (Wildman–Crippen MR) is 110 cm³/mol. The van der Waals surface area contributed by atoms with Gasteiger partial charge >= 0.3 is 0 Å². The first-order chi connectivity index (χ1) is 13.0. The number of rotatable bonds is 3. The number of carbonyl (C=O) groups excluding carboxylic acids is 2. The van der Waals surface area contributed by atoms with Crippen molar-refractivity contribution in [3.8, 4) is 0 Å². The number of nitrogens with zero attached hydrogens (tertiary/aromatic N) is 1. The van der Waals surface area contributed by atoms with Crippen LogP contribution < -0.4 is 5.32 Å². The van der Waals surface area contributed by atoms with E-state index < -0.39 is 0 Å². The van der Waals surface area contributed by atoms with Gasteiger partial charge in [0.15, 0.2) is 0 Å². The van der Waals surface area contributed by atoms with Crippen LogP contribution in [0.15, 0.2) is 24.3 Å². The topological polar surface area (TPSA) is 49.4 Å². The second kappa shape index (κ2) is 7.47. The number of hydrogen-bond donors (Lipinski definition) is 1. The molecule has 0 bridgehead atoms. The van der Waals surface area contributed by atoms with E-state index in [-0.39, 0.29) is 11.8 Å². The lowest BCUT2D eigenvalue weighted by Crippen LogP contribution is -2.39. The third kappa shape index (κ3) is 3.53. The zero-order chi connectivity index (χ0) is 19.0. The Morgan fingerprint density at radius 3 is 2.78 bits per heavy atom. The van der Waals surface area contributed by atoms with Crippen LogP contribution >= 0.6 is 11.3 Å². The molecule has 1 atom stereocenters. The molecule has 5 heteroatoms. The van der Waals surface area contributed by atoms with E-state index in [0.29, 0.717) is 11.5 Å². The molecule has 4 rings (SSSR count). The summed E-state index contributed by atoms with van der Waals surface area (Å²) in [5.74, 6) is 0.509. The van der Waals surface area contributed by atoms with Crippen LogP contribution in [0.1, 0.15) is 62.9 Å². The molecule has 4 nitrogen and oxygen atoms in total. The maximum Gasteiger partial charge on any atom is 0.257 e. The minimum atomic E-state index is -0.130. The molecule has 2 aromatic rings. The third-order valence-corrected chi connectivity index (χ3v) is 6.90. The van der Waals surface area contributed by atoms with Gasteiger partial charge in [-0.05, 0) is 62.1 Å². The first-order valence-corrected chi connectivity index (χ1v) is 10.7. The first kappa shape index (κ1) is 18.2. The van der Waals surface area contributed by atoms with E-state index in [1.54, 1.807) is 11.3 Å². The molecule has 1 saturated heterocycles. The first-order valence-electron chi connectivity index (χ1n) is 9.85. The highest BCUT2D eigenvalue weighted by Crippen LogP contribution is 2.40. The van der Waals surface area contributed by atoms with Gasteiger partial charge in [0.25, 0.3) is 11.8 Å². The molecule has 0 spiro atoms. The van der Waals surface area contributed by atoms with E-state index in [0.717, 1.165) is 54.9 Å². The summed E-state index contributed by atoms with van der Waals surface area (Å²) >= 11 is 1.59. The molecular weight excluding hydrogens is 356 g/mol. The minimum absolute atomic E-state index is 0.0982. The summed E-state index contributed by atoms with van der Waals surface area (Å²) in [6.45, 7) is 5.77. The highest BCUT2D eigenvalue weighted by atomic mass is 32.1. The van der Waals surface area contributed by atoms with Crippen molar-refractivity contribution in [1.82, 2.24) is 4.90 Å². The maximum absolute atomic E-state index is 13.4. The van der Waals surface area contributed by atoms with Crippen LogP contribution in [0.25, 0.3) is 0 Å². The second-order valence-electron chi connectivity index (χ2n) is 7.83. The van der Waals surface area contributed by atoms with Crippen LogP contribution in [0.5, 0.6) is 0 Å². The summed E-state index contributed by atoms with van der Waals surface area (Å²) < 4.78 is 0. The zero-order valence-corrected chi connectivity index (χ0v) is 16.8. The van der Waals surface area contributed by atoms with Crippen LogP contribution in [0.4, 0.5) is 5.00 Å². The summed E-state index contributed by atoms with van der Waals surface area (Å²) in [6, 6.07) is 7.57. The van der Waals surface area contributed by atoms with Crippen LogP contribution in [-0.2, 0) is 12.8 Å². The van der Waals surface area contributed by atoms with Gasteiger partial charge in [0.1, 0.15) is 5.00 Å². The Morgan fingerprint density at radius 1 is 1.19 bits per heavy atom. The van der Waals surface area contributed by atoms with Crippen molar-refractivity contribution in [3.63, 3.8) is 0 Å². The molecule has 1 fully saturated rings. The van der Waals surface area contributed by atoms with Crippen molar-refractivity contribution in [3.05, 3.63) is 51.4 Å². The molecular formula is C22H26N2O2S. The summed E-state index contributed by atoms with van der Waals surface area (Å²) in [4.78, 5) is 29.4. The van der Waals surface area contributed by atoms with E-state index in [1.807, 2.05) is 36.1 Å². The molecule has 1 aromatic heterocycles. The summed E-state index contributed by atoms with van der Waals surface area (Å²) in [7, 11) is 0. The molecule has 2 aliphatic rings. The lowest BCUT2D eigenvalue weighted by molar-refractivity contribution is 0.0683.